The predicted octanol–water partition coefficient (Wildman–Crippen LogP) is 4.12. The number of halogens is 2. The number of anilines is 1. The van der Waals surface area contributed by atoms with Crippen LogP contribution < -0.4 is 5.32 Å². The Labute approximate surface area is 119 Å². The van der Waals surface area contributed by atoms with E-state index in [2.05, 4.69) is 26.2 Å². The molecule has 3 nitrogen and oxygen atoms in total. The fourth-order valence-corrected chi connectivity index (χ4v) is 1.97. The van der Waals surface area contributed by atoms with Gasteiger partial charge >= 0.3 is 0 Å². The van der Waals surface area contributed by atoms with Crippen molar-refractivity contribution in [3.05, 3.63) is 51.2 Å². The van der Waals surface area contributed by atoms with E-state index in [1.165, 1.54) is 0 Å². The number of aromatic nitrogens is 1. The lowest BCUT2D eigenvalue weighted by molar-refractivity contribution is 0.469. The third-order valence-corrected chi connectivity index (χ3v) is 3.70. The molecule has 1 aromatic heterocycles. The molecule has 0 saturated carbocycles. The van der Waals surface area contributed by atoms with Crippen LogP contribution in [0, 0.1) is 6.92 Å². The van der Waals surface area contributed by atoms with Gasteiger partial charge in [0.2, 0.25) is 0 Å². The Balaban J connectivity index is 2.11. The molecule has 0 bridgehead atoms. The largest absolute Gasteiger partial charge is 0.506 e. The van der Waals surface area contributed by atoms with Crippen LogP contribution in [0.1, 0.15) is 11.1 Å². The fourth-order valence-electron chi connectivity index (χ4n) is 1.55. The van der Waals surface area contributed by atoms with E-state index in [-0.39, 0.29) is 5.75 Å². The normalized spacial score (nSPS) is 10.4. The van der Waals surface area contributed by atoms with Crippen molar-refractivity contribution in [3.63, 3.8) is 0 Å². The average molecular weight is 328 g/mol. The lowest BCUT2D eigenvalue weighted by Crippen LogP contribution is -2.00. The SMILES string of the molecule is Cc1cc(NCc2cccc(Cl)c2O)cnc1Br. The van der Waals surface area contributed by atoms with Crippen molar-refractivity contribution in [1.82, 2.24) is 4.98 Å². The van der Waals surface area contributed by atoms with Crippen LogP contribution >= 0.6 is 27.5 Å². The maximum atomic E-state index is 9.78. The minimum absolute atomic E-state index is 0.119. The number of hydrogen-bond acceptors (Lipinski definition) is 3. The summed E-state index contributed by atoms with van der Waals surface area (Å²) in [5.41, 5.74) is 2.70. The summed E-state index contributed by atoms with van der Waals surface area (Å²) in [4.78, 5) is 4.20. The van der Waals surface area contributed by atoms with Gasteiger partial charge in [0, 0.05) is 12.1 Å². The van der Waals surface area contributed by atoms with Crippen molar-refractivity contribution in [3.8, 4) is 5.75 Å². The summed E-state index contributed by atoms with van der Waals surface area (Å²) in [5.74, 6) is 0.119. The Hall–Kier alpha value is -1.26. The molecule has 5 heteroatoms. The van der Waals surface area contributed by atoms with Crippen LogP contribution in [-0.4, -0.2) is 10.1 Å². The smallest absolute Gasteiger partial charge is 0.139 e. The maximum absolute atomic E-state index is 9.78. The van der Waals surface area contributed by atoms with E-state index in [9.17, 15) is 5.11 Å². The second-order valence-corrected chi connectivity index (χ2v) is 5.09. The minimum Gasteiger partial charge on any atom is -0.506 e. The van der Waals surface area contributed by atoms with Gasteiger partial charge in [-0.1, -0.05) is 23.7 Å². The van der Waals surface area contributed by atoms with Gasteiger partial charge in [0.05, 0.1) is 16.9 Å². The van der Waals surface area contributed by atoms with Crippen LogP contribution in [0.5, 0.6) is 5.75 Å². The Morgan fingerprint density at radius 3 is 2.94 bits per heavy atom. The summed E-state index contributed by atoms with van der Waals surface area (Å²) < 4.78 is 0.832. The molecule has 0 saturated heterocycles. The van der Waals surface area contributed by atoms with Crippen LogP contribution in [0.25, 0.3) is 0 Å². The highest BCUT2D eigenvalue weighted by molar-refractivity contribution is 9.10. The first kappa shape index (κ1) is 13.2. The number of aromatic hydroxyl groups is 1. The van der Waals surface area contributed by atoms with Crippen molar-refractivity contribution in [2.45, 2.75) is 13.5 Å². The number of nitrogens with one attached hydrogen (secondary N) is 1. The quantitative estimate of drug-likeness (QED) is 0.833. The first-order valence-corrected chi connectivity index (χ1v) is 6.57. The van der Waals surface area contributed by atoms with Crippen molar-refractivity contribution < 1.29 is 5.11 Å². The molecule has 2 aromatic rings. The third kappa shape index (κ3) is 2.94. The standard InChI is InChI=1S/C13H12BrClN2O/c1-8-5-10(7-17-13(8)14)16-6-9-3-2-4-11(15)12(9)18/h2-5,7,16,18H,6H2,1H3. The first-order chi connectivity index (χ1) is 8.58. The van der Waals surface area contributed by atoms with E-state index < -0.39 is 0 Å². The van der Waals surface area contributed by atoms with Gasteiger partial charge in [-0.05, 0) is 40.5 Å². The highest BCUT2D eigenvalue weighted by atomic mass is 79.9. The van der Waals surface area contributed by atoms with Gasteiger partial charge < -0.3 is 10.4 Å². The zero-order valence-corrected chi connectivity index (χ0v) is 12.1. The highest BCUT2D eigenvalue weighted by Crippen LogP contribution is 2.27. The molecule has 2 N–H and O–H groups in total. The number of phenols is 1. The van der Waals surface area contributed by atoms with Crippen LogP contribution in [0.15, 0.2) is 35.1 Å². The minimum atomic E-state index is 0.119. The van der Waals surface area contributed by atoms with Crippen LogP contribution in [0.3, 0.4) is 0 Å². The van der Waals surface area contributed by atoms with Crippen molar-refractivity contribution in [2.75, 3.05) is 5.32 Å². The summed E-state index contributed by atoms with van der Waals surface area (Å²) in [6.45, 7) is 2.47. The zero-order chi connectivity index (χ0) is 13.1. The molecule has 0 aliphatic carbocycles. The van der Waals surface area contributed by atoms with Crippen molar-refractivity contribution in [2.24, 2.45) is 0 Å². The van der Waals surface area contributed by atoms with E-state index in [0.29, 0.717) is 11.6 Å². The topological polar surface area (TPSA) is 45.1 Å². The third-order valence-electron chi connectivity index (χ3n) is 2.57. The number of aryl methyl sites for hydroxylation is 1. The van der Waals surface area contributed by atoms with Crippen molar-refractivity contribution in [1.29, 1.82) is 0 Å². The lowest BCUT2D eigenvalue weighted by atomic mass is 10.2. The maximum Gasteiger partial charge on any atom is 0.139 e. The number of phenolic OH excluding ortho intramolecular Hbond substituents is 1. The molecule has 0 spiro atoms. The summed E-state index contributed by atoms with van der Waals surface area (Å²) >= 11 is 9.20. The van der Waals surface area contributed by atoms with E-state index >= 15 is 0 Å². The highest BCUT2D eigenvalue weighted by Gasteiger charge is 2.05. The second kappa shape index (κ2) is 5.59. The van der Waals surface area contributed by atoms with E-state index in [0.717, 1.165) is 21.4 Å². The Morgan fingerprint density at radius 1 is 1.44 bits per heavy atom. The van der Waals surface area contributed by atoms with E-state index in [4.69, 9.17) is 11.6 Å². The van der Waals surface area contributed by atoms with Crippen LogP contribution in [0.4, 0.5) is 5.69 Å². The summed E-state index contributed by atoms with van der Waals surface area (Å²) in [5, 5.41) is 13.3. The van der Waals surface area contributed by atoms with Gasteiger partial charge in [0.15, 0.2) is 0 Å². The molecule has 1 heterocycles. The molecule has 0 atom stereocenters. The molecule has 0 aliphatic heterocycles. The van der Waals surface area contributed by atoms with E-state index in [1.54, 1.807) is 12.3 Å². The molecule has 1 aromatic carbocycles. The number of hydrogen-bond donors (Lipinski definition) is 2. The monoisotopic (exact) mass is 326 g/mol. The van der Waals surface area contributed by atoms with Gasteiger partial charge in [0.1, 0.15) is 10.4 Å². The van der Waals surface area contributed by atoms with Crippen LogP contribution in [-0.2, 0) is 6.54 Å². The molecule has 18 heavy (non-hydrogen) atoms. The Kier molecular flexibility index (Phi) is 4.09. The molecule has 0 unspecified atom stereocenters. The Morgan fingerprint density at radius 2 is 2.22 bits per heavy atom. The molecule has 2 rings (SSSR count). The second-order valence-electron chi connectivity index (χ2n) is 3.93. The molecule has 94 valence electrons. The van der Waals surface area contributed by atoms with Gasteiger partial charge in [-0.3, -0.25) is 0 Å². The molecular formula is C13H12BrClN2O. The summed E-state index contributed by atoms with van der Waals surface area (Å²) in [6.07, 6.45) is 1.73. The number of nitrogens with zero attached hydrogens (tertiary/aromatic N) is 1. The number of para-hydroxylation sites is 1. The fraction of sp³-hybridized carbons (Fsp3) is 0.154. The molecule has 0 radical (unpaired) electrons. The van der Waals surface area contributed by atoms with Crippen molar-refractivity contribution >= 4 is 33.2 Å². The van der Waals surface area contributed by atoms with Gasteiger partial charge in [-0.25, -0.2) is 4.98 Å². The van der Waals surface area contributed by atoms with Gasteiger partial charge in [-0.15, -0.1) is 0 Å². The first-order valence-electron chi connectivity index (χ1n) is 5.40. The predicted molar refractivity (Wildman–Crippen MR) is 77.1 cm³/mol. The number of pyridine rings is 1. The Bertz CT molecular complexity index is 575. The molecular weight excluding hydrogens is 316 g/mol. The molecule has 0 fully saturated rings. The summed E-state index contributed by atoms with van der Waals surface area (Å²) in [7, 11) is 0. The molecule has 0 amide bonds. The van der Waals surface area contributed by atoms with Gasteiger partial charge in [0.25, 0.3) is 0 Å². The summed E-state index contributed by atoms with van der Waals surface area (Å²) in [6, 6.07) is 7.28. The van der Waals surface area contributed by atoms with Gasteiger partial charge in [-0.2, -0.15) is 0 Å². The zero-order valence-electron chi connectivity index (χ0n) is 9.74. The molecule has 0 aliphatic rings. The lowest BCUT2D eigenvalue weighted by Gasteiger charge is -2.09. The van der Waals surface area contributed by atoms with E-state index in [1.807, 2.05) is 25.1 Å². The number of rotatable bonds is 3. The average Bonchev–Trinajstić information content (AvgIpc) is 2.35. The number of benzene rings is 1. The van der Waals surface area contributed by atoms with Crippen LogP contribution in [0.2, 0.25) is 5.02 Å².